The molecule has 4 aromatic carbocycles. The van der Waals surface area contributed by atoms with Crippen molar-refractivity contribution in [2.45, 2.75) is 62.8 Å². The van der Waals surface area contributed by atoms with Gasteiger partial charge in [0, 0.05) is 13.1 Å². The van der Waals surface area contributed by atoms with Gasteiger partial charge in [0.15, 0.2) is 0 Å². The zero-order valence-electron chi connectivity index (χ0n) is 22.9. The third-order valence-corrected chi connectivity index (χ3v) is 9.25. The highest BCUT2D eigenvalue weighted by Crippen LogP contribution is 2.37. The fraction of sp³-hybridized carbons (Fsp3) is 0.400. The third kappa shape index (κ3) is 5.21. The maximum absolute atomic E-state index is 14.4. The highest BCUT2D eigenvalue weighted by Gasteiger charge is 2.48. The first kappa shape index (κ1) is 25.6. The predicted molar refractivity (Wildman–Crippen MR) is 159 cm³/mol. The van der Waals surface area contributed by atoms with Crippen LogP contribution in [0.15, 0.2) is 84.9 Å². The SMILES string of the molecule is O=C1N(CC2CC2)C(Cc2ccc3ccccc3c2)C(O)C(O)C(Cc2ccc3ccccc3c2)N1CC1CC1. The molecule has 0 aromatic heterocycles. The molecule has 1 saturated heterocycles. The highest BCUT2D eigenvalue weighted by molar-refractivity contribution is 5.84. The lowest BCUT2D eigenvalue weighted by Gasteiger charge is -2.36. The van der Waals surface area contributed by atoms with Gasteiger partial charge in [-0.1, -0.05) is 84.9 Å². The molecule has 0 spiro atoms. The van der Waals surface area contributed by atoms with Gasteiger partial charge in [-0.3, -0.25) is 0 Å². The molecule has 2 saturated carbocycles. The zero-order chi connectivity index (χ0) is 27.2. The first-order valence-corrected chi connectivity index (χ1v) is 14.9. The third-order valence-electron chi connectivity index (χ3n) is 9.25. The van der Waals surface area contributed by atoms with Gasteiger partial charge >= 0.3 is 6.03 Å². The Morgan fingerprint density at radius 2 is 0.975 bits per heavy atom. The molecule has 206 valence electrons. The Hall–Kier alpha value is -3.41. The second kappa shape index (κ2) is 10.5. The average Bonchev–Trinajstić information content (AvgIpc) is 3.92. The van der Waals surface area contributed by atoms with Crippen molar-refractivity contribution in [2.24, 2.45) is 11.8 Å². The molecule has 7 rings (SSSR count). The molecule has 2 N–H and O–H groups in total. The summed E-state index contributed by atoms with van der Waals surface area (Å²) in [5, 5.41) is 28.3. The van der Waals surface area contributed by atoms with E-state index in [1.54, 1.807) is 0 Å². The Balaban J connectivity index is 1.24. The van der Waals surface area contributed by atoms with Gasteiger partial charge in [0.1, 0.15) is 12.2 Å². The number of fused-ring (bicyclic) bond motifs is 2. The van der Waals surface area contributed by atoms with Crippen LogP contribution in [-0.2, 0) is 12.8 Å². The van der Waals surface area contributed by atoms with Crippen molar-refractivity contribution in [1.29, 1.82) is 0 Å². The lowest BCUT2D eigenvalue weighted by molar-refractivity contribution is -0.0401. The molecule has 1 aliphatic heterocycles. The number of carbonyl (C=O) groups is 1. The van der Waals surface area contributed by atoms with Crippen molar-refractivity contribution in [1.82, 2.24) is 9.80 Å². The van der Waals surface area contributed by atoms with Crippen molar-refractivity contribution in [3.8, 4) is 0 Å². The summed E-state index contributed by atoms with van der Waals surface area (Å²) in [5.74, 6) is 0.958. The number of aliphatic hydroxyl groups excluding tert-OH is 2. The molecule has 2 aliphatic carbocycles. The molecular weight excluding hydrogens is 496 g/mol. The topological polar surface area (TPSA) is 64.0 Å². The molecule has 5 heteroatoms. The number of carbonyl (C=O) groups excluding carboxylic acids is 1. The Kier molecular flexibility index (Phi) is 6.73. The zero-order valence-corrected chi connectivity index (χ0v) is 22.9. The lowest BCUT2D eigenvalue weighted by atomic mass is 9.90. The summed E-state index contributed by atoms with van der Waals surface area (Å²) in [5.41, 5.74) is 2.15. The number of amides is 2. The number of nitrogens with zero attached hydrogens (tertiary/aromatic N) is 2. The Labute approximate surface area is 236 Å². The fourth-order valence-electron chi connectivity index (χ4n) is 6.53. The maximum atomic E-state index is 14.4. The summed E-state index contributed by atoms with van der Waals surface area (Å²) in [7, 11) is 0. The van der Waals surface area contributed by atoms with E-state index < -0.39 is 24.3 Å². The van der Waals surface area contributed by atoms with Gasteiger partial charge in [-0.15, -0.1) is 0 Å². The molecule has 1 heterocycles. The molecule has 0 radical (unpaired) electrons. The van der Waals surface area contributed by atoms with E-state index in [1.165, 1.54) is 10.8 Å². The lowest BCUT2D eigenvalue weighted by Crippen LogP contribution is -2.52. The second-order valence-corrected chi connectivity index (χ2v) is 12.4. The van der Waals surface area contributed by atoms with Crippen LogP contribution >= 0.6 is 0 Å². The smallest absolute Gasteiger partial charge is 0.320 e. The molecule has 0 bridgehead atoms. The molecule has 4 aromatic rings. The highest BCUT2D eigenvalue weighted by atomic mass is 16.3. The van der Waals surface area contributed by atoms with Gasteiger partial charge in [0.25, 0.3) is 0 Å². The van der Waals surface area contributed by atoms with Crippen molar-refractivity contribution < 1.29 is 15.0 Å². The quantitative estimate of drug-likeness (QED) is 0.301. The molecule has 3 fully saturated rings. The fourth-order valence-corrected chi connectivity index (χ4v) is 6.53. The van der Waals surface area contributed by atoms with Crippen LogP contribution in [0.5, 0.6) is 0 Å². The molecule has 2 amide bonds. The number of aliphatic hydroxyl groups is 2. The normalized spacial score (nSPS) is 25.5. The molecule has 3 aliphatic rings. The number of benzene rings is 4. The van der Waals surface area contributed by atoms with E-state index in [-0.39, 0.29) is 6.03 Å². The van der Waals surface area contributed by atoms with Crippen LogP contribution in [0.3, 0.4) is 0 Å². The van der Waals surface area contributed by atoms with E-state index in [9.17, 15) is 15.0 Å². The number of hydrogen-bond donors (Lipinski definition) is 2. The van der Waals surface area contributed by atoms with Crippen LogP contribution in [0.1, 0.15) is 36.8 Å². The van der Waals surface area contributed by atoms with E-state index in [0.717, 1.165) is 47.6 Å². The summed E-state index contributed by atoms with van der Waals surface area (Å²) in [6.07, 6.45) is 3.43. The van der Waals surface area contributed by atoms with E-state index in [4.69, 9.17) is 0 Å². The number of rotatable bonds is 8. The van der Waals surface area contributed by atoms with Crippen molar-refractivity contribution in [3.05, 3.63) is 96.1 Å². The monoisotopic (exact) mass is 534 g/mol. The van der Waals surface area contributed by atoms with Gasteiger partial charge in [0.05, 0.1) is 12.1 Å². The van der Waals surface area contributed by atoms with Crippen LogP contribution in [0, 0.1) is 11.8 Å². The Bertz CT molecular complexity index is 1410. The average molecular weight is 535 g/mol. The summed E-state index contributed by atoms with van der Waals surface area (Å²) < 4.78 is 0. The van der Waals surface area contributed by atoms with Crippen molar-refractivity contribution in [3.63, 3.8) is 0 Å². The van der Waals surface area contributed by atoms with Gasteiger partial charge in [0.2, 0.25) is 0 Å². The second-order valence-electron chi connectivity index (χ2n) is 12.4. The Morgan fingerprint density at radius 3 is 1.38 bits per heavy atom. The summed E-state index contributed by atoms with van der Waals surface area (Å²) in [6, 6.07) is 28.3. The first-order chi connectivity index (χ1) is 19.5. The van der Waals surface area contributed by atoms with E-state index in [1.807, 2.05) is 34.1 Å². The largest absolute Gasteiger partial charge is 0.388 e. The number of hydrogen-bond acceptors (Lipinski definition) is 3. The molecule has 4 unspecified atom stereocenters. The standard InChI is InChI=1S/C35H38N2O3/c38-33-31(19-25-13-15-27-5-1-3-7-29(27)17-25)36(21-23-9-10-23)35(40)37(22-24-11-12-24)32(34(33)39)20-26-14-16-28-6-2-4-8-30(28)18-26/h1-8,13-18,23-24,31-34,38-39H,9-12,19-22H2. The van der Waals surface area contributed by atoms with Crippen LogP contribution in [-0.4, -0.2) is 63.4 Å². The predicted octanol–water partition coefficient (Wildman–Crippen LogP) is 5.79. The number of urea groups is 1. The molecule has 4 atom stereocenters. The van der Waals surface area contributed by atoms with Crippen LogP contribution in [0.4, 0.5) is 4.79 Å². The molecular formula is C35H38N2O3. The summed E-state index contributed by atoms with van der Waals surface area (Å²) in [6.45, 7) is 1.29. The van der Waals surface area contributed by atoms with Crippen LogP contribution in [0.2, 0.25) is 0 Å². The van der Waals surface area contributed by atoms with Gasteiger partial charge in [-0.25, -0.2) is 4.79 Å². The van der Waals surface area contributed by atoms with Crippen molar-refractivity contribution in [2.75, 3.05) is 13.1 Å². The summed E-state index contributed by atoms with van der Waals surface area (Å²) in [4.78, 5) is 18.3. The van der Waals surface area contributed by atoms with Crippen LogP contribution in [0.25, 0.3) is 21.5 Å². The maximum Gasteiger partial charge on any atom is 0.320 e. The molecule has 40 heavy (non-hydrogen) atoms. The van der Waals surface area contributed by atoms with Gasteiger partial charge < -0.3 is 20.0 Å². The minimum absolute atomic E-state index is 0.0222. The van der Waals surface area contributed by atoms with E-state index >= 15 is 0 Å². The van der Waals surface area contributed by atoms with Crippen LogP contribution < -0.4 is 0 Å². The van der Waals surface area contributed by atoms with E-state index in [2.05, 4.69) is 60.7 Å². The van der Waals surface area contributed by atoms with Gasteiger partial charge in [-0.2, -0.15) is 0 Å². The minimum Gasteiger partial charge on any atom is -0.388 e. The van der Waals surface area contributed by atoms with Crippen molar-refractivity contribution >= 4 is 27.6 Å². The van der Waals surface area contributed by atoms with Gasteiger partial charge in [-0.05, 0) is 83.0 Å². The first-order valence-electron chi connectivity index (χ1n) is 14.9. The Morgan fingerprint density at radius 1 is 0.575 bits per heavy atom. The summed E-state index contributed by atoms with van der Waals surface area (Å²) >= 11 is 0. The van der Waals surface area contributed by atoms with E-state index in [0.29, 0.717) is 37.8 Å². The minimum atomic E-state index is -1.04. The molecule has 5 nitrogen and oxygen atoms in total.